The topological polar surface area (TPSA) is 46.2 Å². The molecule has 114 valence electrons. The summed E-state index contributed by atoms with van der Waals surface area (Å²) in [5, 5.41) is 3.09. The van der Waals surface area contributed by atoms with E-state index in [1.807, 2.05) is 24.3 Å². The lowest BCUT2D eigenvalue weighted by Crippen LogP contribution is -2.50. The number of hydrogen-bond acceptors (Lipinski definition) is 2. The summed E-state index contributed by atoms with van der Waals surface area (Å²) >= 11 is 6.32. The smallest absolute Gasteiger partial charge is 0.234 e. The third-order valence-electron chi connectivity index (χ3n) is 4.36. The van der Waals surface area contributed by atoms with Crippen LogP contribution in [0.5, 0.6) is 0 Å². The number of carbonyl (C=O) groups is 2. The van der Waals surface area contributed by atoms with Gasteiger partial charge in [-0.05, 0) is 29.9 Å². The van der Waals surface area contributed by atoms with Crippen molar-refractivity contribution < 1.29 is 9.59 Å². The first-order valence-electron chi connectivity index (χ1n) is 7.62. The Morgan fingerprint density at radius 1 is 1.19 bits per heavy atom. The average Bonchev–Trinajstić information content (AvgIpc) is 2.40. The van der Waals surface area contributed by atoms with Crippen molar-refractivity contribution in [2.24, 2.45) is 5.41 Å². The van der Waals surface area contributed by atoms with Crippen molar-refractivity contribution in [3.63, 3.8) is 0 Å². The largest absolute Gasteiger partial charge is 0.296 e. The van der Waals surface area contributed by atoms with E-state index in [2.05, 4.69) is 19.2 Å². The summed E-state index contributed by atoms with van der Waals surface area (Å²) in [6, 6.07) is 7.47. The quantitative estimate of drug-likeness (QED) is 0.834. The first-order chi connectivity index (χ1) is 10.0. The van der Waals surface area contributed by atoms with E-state index in [1.165, 1.54) is 0 Å². The Hall–Kier alpha value is -1.35. The van der Waals surface area contributed by atoms with Crippen molar-refractivity contribution in [1.82, 2.24) is 5.32 Å². The van der Waals surface area contributed by atoms with Crippen molar-refractivity contribution in [3.8, 4) is 0 Å². The van der Waals surface area contributed by atoms with Gasteiger partial charge in [0.15, 0.2) is 0 Å². The van der Waals surface area contributed by atoms with Gasteiger partial charge in [0.2, 0.25) is 11.8 Å². The van der Waals surface area contributed by atoms with E-state index in [1.54, 1.807) is 0 Å². The number of hydrogen-bond donors (Lipinski definition) is 1. The van der Waals surface area contributed by atoms with Crippen LogP contribution in [0.15, 0.2) is 24.3 Å². The Kier molecular flexibility index (Phi) is 5.04. The molecule has 1 saturated heterocycles. The van der Waals surface area contributed by atoms with E-state index >= 15 is 0 Å². The highest BCUT2D eigenvalue weighted by molar-refractivity contribution is 6.31. The number of benzene rings is 1. The highest BCUT2D eigenvalue weighted by atomic mass is 35.5. The minimum atomic E-state index is -0.344. The molecule has 0 radical (unpaired) electrons. The van der Waals surface area contributed by atoms with Crippen LogP contribution in [0.2, 0.25) is 5.02 Å². The second-order valence-corrected chi connectivity index (χ2v) is 6.31. The minimum absolute atomic E-state index is 0.162. The Morgan fingerprint density at radius 3 is 2.38 bits per heavy atom. The standard InChI is InChI=1S/C17H22ClNO2/c1-3-9-17(10-4-2)11-14(20)19-16(21)15(17)12-7-5-6-8-13(12)18/h5-8,15H,3-4,9-11H2,1-2H3,(H,19,20,21). The fourth-order valence-electron chi connectivity index (χ4n) is 3.72. The van der Waals surface area contributed by atoms with E-state index < -0.39 is 0 Å². The van der Waals surface area contributed by atoms with Gasteiger partial charge in [-0.25, -0.2) is 0 Å². The Bertz CT molecular complexity index is 535. The normalized spacial score (nSPS) is 21.2. The maximum atomic E-state index is 12.5. The van der Waals surface area contributed by atoms with E-state index in [9.17, 15) is 9.59 Å². The molecular weight excluding hydrogens is 286 g/mol. The average molecular weight is 308 g/mol. The van der Waals surface area contributed by atoms with Crippen molar-refractivity contribution >= 4 is 23.4 Å². The monoisotopic (exact) mass is 307 g/mol. The molecule has 21 heavy (non-hydrogen) atoms. The molecule has 0 saturated carbocycles. The molecule has 1 aromatic rings. The molecule has 0 aliphatic carbocycles. The van der Waals surface area contributed by atoms with Crippen LogP contribution in [-0.4, -0.2) is 11.8 Å². The zero-order valence-electron chi connectivity index (χ0n) is 12.6. The summed E-state index contributed by atoms with van der Waals surface area (Å²) in [5.41, 5.74) is 0.527. The number of rotatable bonds is 5. The molecule has 1 unspecified atom stereocenters. The molecule has 0 spiro atoms. The Labute approximate surface area is 131 Å². The maximum Gasteiger partial charge on any atom is 0.234 e. The summed E-state index contributed by atoms with van der Waals surface area (Å²) in [4.78, 5) is 24.5. The zero-order chi connectivity index (χ0) is 15.5. The van der Waals surface area contributed by atoms with Gasteiger partial charge in [-0.15, -0.1) is 0 Å². The van der Waals surface area contributed by atoms with Crippen molar-refractivity contribution in [3.05, 3.63) is 34.9 Å². The van der Waals surface area contributed by atoms with E-state index in [4.69, 9.17) is 11.6 Å². The van der Waals surface area contributed by atoms with Crippen LogP contribution in [0.3, 0.4) is 0 Å². The molecular formula is C17H22ClNO2. The van der Waals surface area contributed by atoms with Gasteiger partial charge in [0.1, 0.15) is 0 Å². The van der Waals surface area contributed by atoms with Crippen molar-refractivity contribution in [2.45, 2.75) is 51.9 Å². The van der Waals surface area contributed by atoms with Gasteiger partial charge >= 0.3 is 0 Å². The molecule has 1 aliphatic rings. The summed E-state index contributed by atoms with van der Waals surface area (Å²) in [5.74, 6) is -0.713. The molecule has 0 bridgehead atoms. The summed E-state index contributed by atoms with van der Waals surface area (Å²) in [6.45, 7) is 4.19. The van der Waals surface area contributed by atoms with Crippen molar-refractivity contribution in [2.75, 3.05) is 0 Å². The van der Waals surface area contributed by atoms with Gasteiger partial charge < -0.3 is 0 Å². The maximum absolute atomic E-state index is 12.5. The predicted molar refractivity (Wildman–Crippen MR) is 84.2 cm³/mol. The Balaban J connectivity index is 2.52. The lowest BCUT2D eigenvalue weighted by atomic mass is 9.62. The number of imide groups is 1. The number of halogens is 1. The van der Waals surface area contributed by atoms with Crippen LogP contribution in [0.4, 0.5) is 0 Å². The van der Waals surface area contributed by atoms with E-state index in [-0.39, 0.29) is 23.1 Å². The molecule has 1 aliphatic heterocycles. The second-order valence-electron chi connectivity index (χ2n) is 5.91. The summed E-state index contributed by atoms with van der Waals surface area (Å²) < 4.78 is 0. The third kappa shape index (κ3) is 3.13. The minimum Gasteiger partial charge on any atom is -0.296 e. The Morgan fingerprint density at radius 2 is 1.81 bits per heavy atom. The van der Waals surface area contributed by atoms with E-state index in [0.717, 1.165) is 31.2 Å². The number of piperidine rings is 1. The second kappa shape index (κ2) is 6.61. The predicted octanol–water partition coefficient (Wildman–Crippen LogP) is 4.06. The van der Waals surface area contributed by atoms with Crippen LogP contribution in [0.1, 0.15) is 57.4 Å². The molecule has 1 aromatic carbocycles. The number of amides is 2. The molecule has 1 fully saturated rings. The van der Waals surface area contributed by atoms with Crippen LogP contribution in [0, 0.1) is 5.41 Å². The van der Waals surface area contributed by atoms with Crippen LogP contribution in [0.25, 0.3) is 0 Å². The van der Waals surface area contributed by atoms with Gasteiger partial charge in [0.25, 0.3) is 0 Å². The number of carbonyl (C=O) groups excluding carboxylic acids is 2. The van der Waals surface area contributed by atoms with Crippen molar-refractivity contribution in [1.29, 1.82) is 0 Å². The van der Waals surface area contributed by atoms with E-state index in [0.29, 0.717) is 11.4 Å². The number of nitrogens with one attached hydrogen (secondary N) is 1. The SMILES string of the molecule is CCCC1(CCC)CC(=O)NC(=O)C1c1ccccc1Cl. The third-order valence-corrected chi connectivity index (χ3v) is 4.71. The highest BCUT2D eigenvalue weighted by Gasteiger charge is 2.48. The summed E-state index contributed by atoms with van der Waals surface area (Å²) in [7, 11) is 0. The first kappa shape index (κ1) is 16.0. The zero-order valence-corrected chi connectivity index (χ0v) is 13.4. The van der Waals surface area contributed by atoms with Gasteiger partial charge in [-0.3, -0.25) is 14.9 Å². The molecule has 1 N–H and O–H groups in total. The lowest BCUT2D eigenvalue weighted by molar-refractivity contribution is -0.140. The van der Waals surface area contributed by atoms with Gasteiger partial charge in [-0.1, -0.05) is 56.5 Å². The highest BCUT2D eigenvalue weighted by Crippen LogP contribution is 2.50. The van der Waals surface area contributed by atoms with Crippen LogP contribution in [-0.2, 0) is 9.59 Å². The molecule has 1 heterocycles. The van der Waals surface area contributed by atoms with Gasteiger partial charge in [0.05, 0.1) is 5.92 Å². The first-order valence-corrected chi connectivity index (χ1v) is 8.00. The lowest BCUT2D eigenvalue weighted by Gasteiger charge is -2.43. The molecule has 1 atom stereocenters. The molecule has 2 amide bonds. The summed E-state index contributed by atoms with van der Waals surface area (Å²) in [6.07, 6.45) is 4.01. The molecule has 2 rings (SSSR count). The molecule has 4 heteroatoms. The molecule has 0 aromatic heterocycles. The van der Waals surface area contributed by atoms with Gasteiger partial charge in [-0.2, -0.15) is 0 Å². The fraction of sp³-hybridized carbons (Fsp3) is 0.529. The van der Waals surface area contributed by atoms with Gasteiger partial charge in [0, 0.05) is 11.4 Å². The van der Waals surface area contributed by atoms with Crippen LogP contribution >= 0.6 is 11.6 Å². The fourth-order valence-corrected chi connectivity index (χ4v) is 3.97. The van der Waals surface area contributed by atoms with Crippen LogP contribution < -0.4 is 5.32 Å². The molecule has 3 nitrogen and oxygen atoms in total.